The monoisotopic (exact) mass is 514 g/mol. The molecular formula is C29H26N2O5S. The number of amides is 2. The summed E-state index contributed by atoms with van der Waals surface area (Å²) in [6.07, 6.45) is -0.244. The van der Waals surface area contributed by atoms with Crippen molar-refractivity contribution in [2.24, 2.45) is 0 Å². The van der Waals surface area contributed by atoms with Crippen LogP contribution in [0.3, 0.4) is 0 Å². The fraction of sp³-hybridized carbons (Fsp3) is 0.172. The lowest BCUT2D eigenvalue weighted by molar-refractivity contribution is -0.122. The summed E-state index contributed by atoms with van der Waals surface area (Å²) in [6, 6.07) is 26.9. The number of sulfonamides is 1. The first kappa shape index (κ1) is 24.7. The molecule has 0 radical (unpaired) electrons. The highest BCUT2D eigenvalue weighted by atomic mass is 32.2. The van der Waals surface area contributed by atoms with Crippen molar-refractivity contribution in [3.8, 4) is 5.75 Å². The van der Waals surface area contributed by atoms with Crippen LogP contribution >= 0.6 is 0 Å². The van der Waals surface area contributed by atoms with Gasteiger partial charge in [0.1, 0.15) is 11.8 Å². The molecule has 1 aliphatic rings. The smallest absolute Gasteiger partial charge is 0.252 e. The standard InChI is InChI=1S/C29H26N2O5S/c1-2-36-25-15-13-24(14-16-25)31-28(32)19-27(29(31)33)30(20-21-8-4-3-5-9-21)37(34,35)26-17-12-22-10-6-7-11-23(22)18-26/h3-18,27H,2,19-20H2,1H3. The number of carbonyl (C=O) groups is 2. The third kappa shape index (κ3) is 4.85. The summed E-state index contributed by atoms with van der Waals surface area (Å²) in [6.45, 7) is 2.31. The number of fused-ring (bicyclic) bond motifs is 1. The Labute approximate surface area is 215 Å². The van der Waals surface area contributed by atoms with E-state index in [9.17, 15) is 18.0 Å². The number of nitrogens with zero attached hydrogens (tertiary/aromatic N) is 2. The second-order valence-corrected chi connectivity index (χ2v) is 10.6. The second kappa shape index (κ2) is 10.2. The highest BCUT2D eigenvalue weighted by molar-refractivity contribution is 7.89. The van der Waals surface area contributed by atoms with Crippen molar-refractivity contribution in [1.82, 2.24) is 4.31 Å². The zero-order valence-electron chi connectivity index (χ0n) is 20.3. The molecule has 1 atom stereocenters. The quantitative estimate of drug-likeness (QED) is 0.317. The SMILES string of the molecule is CCOc1ccc(N2C(=O)CC(N(Cc3ccccc3)S(=O)(=O)c3ccc4ccccc4c3)C2=O)cc1. The van der Waals surface area contributed by atoms with E-state index < -0.39 is 27.9 Å². The third-order valence-electron chi connectivity index (χ3n) is 6.39. The molecule has 37 heavy (non-hydrogen) atoms. The zero-order chi connectivity index (χ0) is 26.0. The molecule has 0 saturated carbocycles. The molecule has 0 bridgehead atoms. The topological polar surface area (TPSA) is 84.0 Å². The molecule has 0 aromatic heterocycles. The third-order valence-corrected chi connectivity index (χ3v) is 8.24. The van der Waals surface area contributed by atoms with E-state index >= 15 is 0 Å². The largest absolute Gasteiger partial charge is 0.494 e. The first-order chi connectivity index (χ1) is 17.9. The highest BCUT2D eigenvalue weighted by Gasteiger charge is 2.47. The first-order valence-corrected chi connectivity index (χ1v) is 13.5. The van der Waals surface area contributed by atoms with Crippen LogP contribution in [0.2, 0.25) is 0 Å². The molecule has 7 nitrogen and oxygen atoms in total. The van der Waals surface area contributed by atoms with E-state index in [2.05, 4.69) is 0 Å². The van der Waals surface area contributed by atoms with Gasteiger partial charge in [0.2, 0.25) is 15.9 Å². The van der Waals surface area contributed by atoms with Crippen LogP contribution in [-0.2, 0) is 26.2 Å². The number of rotatable bonds is 8. The van der Waals surface area contributed by atoms with Crippen LogP contribution in [0.4, 0.5) is 5.69 Å². The zero-order valence-corrected chi connectivity index (χ0v) is 21.1. The van der Waals surface area contributed by atoms with Crippen LogP contribution < -0.4 is 9.64 Å². The fourth-order valence-corrected chi connectivity index (χ4v) is 6.17. The fourth-order valence-electron chi connectivity index (χ4n) is 4.56. The number of imide groups is 1. The van der Waals surface area contributed by atoms with Gasteiger partial charge in [-0.3, -0.25) is 9.59 Å². The molecule has 1 aliphatic heterocycles. The van der Waals surface area contributed by atoms with Gasteiger partial charge in [0, 0.05) is 6.54 Å². The molecule has 4 aromatic rings. The van der Waals surface area contributed by atoms with Gasteiger partial charge in [-0.2, -0.15) is 4.31 Å². The predicted molar refractivity (Wildman–Crippen MR) is 142 cm³/mol. The van der Waals surface area contributed by atoms with Gasteiger partial charge >= 0.3 is 0 Å². The van der Waals surface area contributed by atoms with Crippen molar-refractivity contribution in [3.63, 3.8) is 0 Å². The summed E-state index contributed by atoms with van der Waals surface area (Å²) in [5.41, 5.74) is 1.09. The molecule has 1 fully saturated rings. The number of hydrogen-bond donors (Lipinski definition) is 0. The Bertz CT molecular complexity index is 1550. The van der Waals surface area contributed by atoms with Crippen molar-refractivity contribution in [3.05, 3.63) is 103 Å². The van der Waals surface area contributed by atoms with Crippen molar-refractivity contribution in [2.45, 2.75) is 30.8 Å². The molecule has 1 heterocycles. The summed E-state index contributed by atoms with van der Waals surface area (Å²) in [5, 5.41) is 1.68. The van der Waals surface area contributed by atoms with Crippen LogP contribution in [0, 0.1) is 0 Å². The Balaban J connectivity index is 1.53. The Morgan fingerprint density at radius 3 is 2.24 bits per heavy atom. The Morgan fingerprint density at radius 2 is 1.54 bits per heavy atom. The minimum Gasteiger partial charge on any atom is -0.494 e. The second-order valence-electron chi connectivity index (χ2n) is 8.76. The van der Waals surface area contributed by atoms with Crippen LogP contribution in [0.1, 0.15) is 18.9 Å². The van der Waals surface area contributed by atoms with Crippen LogP contribution in [0.5, 0.6) is 5.75 Å². The maximum atomic E-state index is 14.0. The van der Waals surface area contributed by atoms with Crippen molar-refractivity contribution >= 4 is 38.3 Å². The molecule has 2 amide bonds. The summed E-state index contributed by atoms with van der Waals surface area (Å²) in [5.74, 6) is -0.410. The normalized spacial score (nSPS) is 16.1. The molecule has 0 spiro atoms. The number of anilines is 1. The van der Waals surface area contributed by atoms with Crippen LogP contribution in [0.15, 0.2) is 102 Å². The van der Waals surface area contributed by atoms with E-state index in [4.69, 9.17) is 4.74 Å². The minimum atomic E-state index is -4.14. The minimum absolute atomic E-state index is 0.0448. The van der Waals surface area contributed by atoms with Crippen LogP contribution in [-0.4, -0.2) is 37.2 Å². The molecule has 188 valence electrons. The van der Waals surface area contributed by atoms with E-state index in [-0.39, 0.29) is 17.9 Å². The van der Waals surface area contributed by atoms with E-state index in [1.165, 1.54) is 0 Å². The van der Waals surface area contributed by atoms with Crippen molar-refractivity contribution in [1.29, 1.82) is 0 Å². The lowest BCUT2D eigenvalue weighted by atomic mass is 10.1. The molecule has 1 saturated heterocycles. The van der Waals surface area contributed by atoms with Gasteiger partial charge in [-0.05, 0) is 59.7 Å². The van der Waals surface area contributed by atoms with Crippen LogP contribution in [0.25, 0.3) is 10.8 Å². The molecule has 0 aliphatic carbocycles. The van der Waals surface area contributed by atoms with Gasteiger partial charge < -0.3 is 4.74 Å². The number of carbonyl (C=O) groups excluding carboxylic acids is 2. The van der Waals surface area contributed by atoms with Gasteiger partial charge in [0.15, 0.2) is 0 Å². The Kier molecular flexibility index (Phi) is 6.78. The van der Waals surface area contributed by atoms with E-state index in [1.807, 2.05) is 49.4 Å². The van der Waals surface area contributed by atoms with Gasteiger partial charge in [0.05, 0.1) is 23.6 Å². The molecule has 8 heteroatoms. The molecule has 4 aromatic carbocycles. The lowest BCUT2D eigenvalue weighted by Crippen LogP contribution is -2.45. The van der Waals surface area contributed by atoms with Gasteiger partial charge in [-0.1, -0.05) is 60.7 Å². The van der Waals surface area contributed by atoms with E-state index in [1.54, 1.807) is 54.6 Å². The van der Waals surface area contributed by atoms with E-state index in [0.717, 1.165) is 20.0 Å². The Morgan fingerprint density at radius 1 is 0.865 bits per heavy atom. The van der Waals surface area contributed by atoms with Gasteiger partial charge in [0.25, 0.3) is 5.91 Å². The summed E-state index contributed by atoms with van der Waals surface area (Å²) in [7, 11) is -4.14. The lowest BCUT2D eigenvalue weighted by Gasteiger charge is -2.27. The predicted octanol–water partition coefficient (Wildman–Crippen LogP) is 4.76. The molecule has 1 unspecified atom stereocenters. The van der Waals surface area contributed by atoms with Crippen molar-refractivity contribution in [2.75, 3.05) is 11.5 Å². The Hall–Kier alpha value is -4.01. The van der Waals surface area contributed by atoms with E-state index in [0.29, 0.717) is 23.6 Å². The van der Waals surface area contributed by atoms with Crippen molar-refractivity contribution < 1.29 is 22.7 Å². The number of hydrogen-bond acceptors (Lipinski definition) is 5. The molecule has 5 rings (SSSR count). The summed E-state index contributed by atoms with van der Waals surface area (Å²) < 4.78 is 34.6. The maximum Gasteiger partial charge on any atom is 0.252 e. The highest BCUT2D eigenvalue weighted by Crippen LogP contribution is 2.32. The molecule has 0 N–H and O–H groups in total. The maximum absolute atomic E-state index is 14.0. The average molecular weight is 515 g/mol. The number of benzene rings is 4. The summed E-state index contributed by atoms with van der Waals surface area (Å²) >= 11 is 0. The van der Waals surface area contributed by atoms with Gasteiger partial charge in [-0.25, -0.2) is 13.3 Å². The van der Waals surface area contributed by atoms with Gasteiger partial charge in [-0.15, -0.1) is 0 Å². The molecular weight excluding hydrogens is 488 g/mol. The summed E-state index contributed by atoms with van der Waals surface area (Å²) in [4.78, 5) is 27.8. The number of ether oxygens (including phenoxy) is 1. The first-order valence-electron chi connectivity index (χ1n) is 12.0. The average Bonchev–Trinajstić information content (AvgIpc) is 3.21.